The average Bonchev–Trinajstić information content (AvgIpc) is 1.99. The minimum absolute atomic E-state index is 0.0561. The van der Waals surface area contributed by atoms with Gasteiger partial charge in [-0.2, -0.15) is 0 Å². The Labute approximate surface area is 88.3 Å². The fourth-order valence-electron chi connectivity index (χ4n) is 1.12. The smallest absolute Gasteiger partial charge is 0.124 e. The third kappa shape index (κ3) is 3.68. The van der Waals surface area contributed by atoms with Crippen LogP contribution in [0.2, 0.25) is 0 Å². The van der Waals surface area contributed by atoms with Gasteiger partial charge in [0.25, 0.3) is 0 Å². The van der Waals surface area contributed by atoms with Crippen molar-refractivity contribution >= 4 is 11.8 Å². The molecule has 0 unspecified atom stereocenters. The summed E-state index contributed by atoms with van der Waals surface area (Å²) in [6.45, 7) is 6.10. The van der Waals surface area contributed by atoms with Gasteiger partial charge >= 0.3 is 0 Å². The molecule has 0 spiro atoms. The van der Waals surface area contributed by atoms with E-state index >= 15 is 0 Å². The van der Waals surface area contributed by atoms with Crippen LogP contribution in [0, 0.1) is 5.82 Å². The number of rotatable bonds is 2. The molecule has 0 saturated heterocycles. The number of aliphatic hydroxyl groups is 1. The first-order valence-corrected chi connectivity index (χ1v) is 5.32. The van der Waals surface area contributed by atoms with E-state index in [0.717, 1.165) is 4.90 Å². The Kier molecular flexibility index (Phi) is 3.56. The van der Waals surface area contributed by atoms with E-state index in [1.54, 1.807) is 11.8 Å². The highest BCUT2D eigenvalue weighted by molar-refractivity contribution is 8.00. The molecular weight excluding hydrogens is 199 g/mol. The normalized spacial score (nSPS) is 11.8. The maximum atomic E-state index is 13.1. The lowest BCUT2D eigenvalue weighted by Crippen LogP contribution is -2.06. The van der Waals surface area contributed by atoms with Gasteiger partial charge in [-0.05, 0) is 23.8 Å². The van der Waals surface area contributed by atoms with E-state index in [9.17, 15) is 4.39 Å². The monoisotopic (exact) mass is 214 g/mol. The number of hydrogen-bond acceptors (Lipinski definition) is 2. The molecule has 0 aliphatic heterocycles. The van der Waals surface area contributed by atoms with Gasteiger partial charge in [-0.3, -0.25) is 0 Å². The Morgan fingerprint density at radius 2 is 1.93 bits per heavy atom. The molecule has 0 atom stereocenters. The number of halogens is 1. The van der Waals surface area contributed by atoms with Gasteiger partial charge in [-0.1, -0.05) is 20.8 Å². The summed E-state index contributed by atoms with van der Waals surface area (Å²) >= 11 is 1.59. The van der Waals surface area contributed by atoms with Crippen LogP contribution in [0.4, 0.5) is 4.39 Å². The molecule has 0 aliphatic rings. The van der Waals surface area contributed by atoms with E-state index in [2.05, 4.69) is 20.8 Å². The van der Waals surface area contributed by atoms with Crippen molar-refractivity contribution in [2.24, 2.45) is 0 Å². The van der Waals surface area contributed by atoms with Crippen molar-refractivity contribution in [2.75, 3.05) is 0 Å². The van der Waals surface area contributed by atoms with Crippen molar-refractivity contribution in [3.63, 3.8) is 0 Å². The van der Waals surface area contributed by atoms with E-state index in [1.165, 1.54) is 12.1 Å². The molecule has 0 fully saturated rings. The molecule has 0 amide bonds. The lowest BCUT2D eigenvalue weighted by Gasteiger charge is -2.17. The molecule has 0 saturated carbocycles. The molecule has 0 aromatic heterocycles. The summed E-state index contributed by atoms with van der Waals surface area (Å²) in [6, 6.07) is 4.67. The van der Waals surface area contributed by atoms with E-state index in [4.69, 9.17) is 5.11 Å². The highest BCUT2D eigenvalue weighted by atomic mass is 32.2. The van der Waals surface area contributed by atoms with Crippen molar-refractivity contribution in [3.05, 3.63) is 29.6 Å². The minimum Gasteiger partial charge on any atom is -0.392 e. The first kappa shape index (κ1) is 11.5. The van der Waals surface area contributed by atoms with Crippen LogP contribution in [0.5, 0.6) is 0 Å². The highest BCUT2D eigenvalue weighted by Gasteiger charge is 2.13. The fraction of sp³-hybridized carbons (Fsp3) is 0.455. The van der Waals surface area contributed by atoms with Gasteiger partial charge in [0.2, 0.25) is 0 Å². The second-order valence-corrected chi connectivity index (χ2v) is 6.07. The van der Waals surface area contributed by atoms with Crippen LogP contribution in [0.1, 0.15) is 26.3 Å². The molecule has 1 nitrogen and oxygen atoms in total. The number of benzene rings is 1. The largest absolute Gasteiger partial charge is 0.392 e. The van der Waals surface area contributed by atoms with Crippen LogP contribution in [-0.2, 0) is 6.61 Å². The van der Waals surface area contributed by atoms with Crippen molar-refractivity contribution < 1.29 is 9.50 Å². The molecule has 0 heterocycles. The minimum atomic E-state index is -0.289. The zero-order valence-electron chi connectivity index (χ0n) is 8.67. The first-order valence-electron chi connectivity index (χ1n) is 4.50. The van der Waals surface area contributed by atoms with E-state index in [-0.39, 0.29) is 17.2 Å². The van der Waals surface area contributed by atoms with Crippen molar-refractivity contribution in [1.82, 2.24) is 0 Å². The fourth-order valence-corrected chi connectivity index (χ4v) is 2.21. The van der Waals surface area contributed by atoms with Gasteiger partial charge in [0.1, 0.15) is 5.82 Å². The Morgan fingerprint density at radius 3 is 2.43 bits per heavy atom. The number of aliphatic hydroxyl groups excluding tert-OH is 1. The summed E-state index contributed by atoms with van der Waals surface area (Å²) in [4.78, 5) is 0.863. The average molecular weight is 214 g/mol. The van der Waals surface area contributed by atoms with Crippen molar-refractivity contribution in [2.45, 2.75) is 37.0 Å². The van der Waals surface area contributed by atoms with Crippen molar-refractivity contribution in [1.29, 1.82) is 0 Å². The van der Waals surface area contributed by atoms with E-state index in [0.29, 0.717) is 5.56 Å². The zero-order valence-corrected chi connectivity index (χ0v) is 9.49. The summed E-state index contributed by atoms with van der Waals surface area (Å²) in [5.41, 5.74) is 0.622. The van der Waals surface area contributed by atoms with Crippen LogP contribution in [0.3, 0.4) is 0 Å². The molecule has 14 heavy (non-hydrogen) atoms. The number of hydrogen-bond donors (Lipinski definition) is 1. The molecule has 1 aromatic carbocycles. The van der Waals surface area contributed by atoms with Crippen molar-refractivity contribution in [3.8, 4) is 0 Å². The van der Waals surface area contributed by atoms with Gasteiger partial charge in [-0.25, -0.2) is 4.39 Å². The van der Waals surface area contributed by atoms with Crippen LogP contribution < -0.4 is 0 Å². The first-order chi connectivity index (χ1) is 6.40. The van der Waals surface area contributed by atoms with Gasteiger partial charge in [-0.15, -0.1) is 11.8 Å². The molecule has 3 heteroatoms. The standard InChI is InChI=1S/C11H15FOS/c1-11(2,3)14-10-5-8(7-13)4-9(12)6-10/h4-6,13H,7H2,1-3H3. The maximum Gasteiger partial charge on any atom is 0.124 e. The SMILES string of the molecule is CC(C)(C)Sc1cc(F)cc(CO)c1. The van der Waals surface area contributed by atoms with E-state index < -0.39 is 0 Å². The summed E-state index contributed by atoms with van der Waals surface area (Å²) in [5.74, 6) is -0.289. The van der Waals surface area contributed by atoms with Crippen LogP contribution in [-0.4, -0.2) is 9.85 Å². The Bertz CT molecular complexity index is 318. The van der Waals surface area contributed by atoms with E-state index in [1.807, 2.05) is 6.07 Å². The Balaban J connectivity index is 2.92. The van der Waals surface area contributed by atoms with Gasteiger partial charge in [0.05, 0.1) is 6.61 Å². The predicted octanol–water partition coefficient (Wildman–Crippen LogP) is 3.21. The number of thioether (sulfide) groups is 1. The zero-order chi connectivity index (χ0) is 10.8. The summed E-state index contributed by atoms with van der Waals surface area (Å²) in [6.07, 6.45) is 0. The lowest BCUT2D eigenvalue weighted by atomic mass is 10.2. The Morgan fingerprint density at radius 1 is 1.29 bits per heavy atom. The third-order valence-corrected chi connectivity index (χ3v) is 2.62. The van der Waals surface area contributed by atoms with Crippen LogP contribution in [0.25, 0.3) is 0 Å². The Hall–Kier alpha value is -0.540. The summed E-state index contributed by atoms with van der Waals surface area (Å²) in [7, 11) is 0. The maximum absolute atomic E-state index is 13.1. The van der Waals surface area contributed by atoms with Gasteiger partial charge in [0.15, 0.2) is 0 Å². The molecule has 1 aromatic rings. The highest BCUT2D eigenvalue weighted by Crippen LogP contribution is 2.32. The summed E-state index contributed by atoms with van der Waals surface area (Å²) < 4.78 is 13.1. The molecule has 0 radical (unpaired) electrons. The van der Waals surface area contributed by atoms with Gasteiger partial charge in [0, 0.05) is 9.64 Å². The lowest BCUT2D eigenvalue weighted by molar-refractivity contribution is 0.281. The molecule has 78 valence electrons. The molecule has 0 aliphatic carbocycles. The predicted molar refractivity (Wildman–Crippen MR) is 57.9 cm³/mol. The van der Waals surface area contributed by atoms with Crippen LogP contribution >= 0.6 is 11.8 Å². The summed E-state index contributed by atoms with van der Waals surface area (Å²) in [5, 5.41) is 8.91. The molecule has 1 rings (SSSR count). The van der Waals surface area contributed by atoms with Crippen LogP contribution in [0.15, 0.2) is 23.1 Å². The third-order valence-electron chi connectivity index (χ3n) is 1.54. The molecular formula is C11H15FOS. The van der Waals surface area contributed by atoms with Gasteiger partial charge < -0.3 is 5.11 Å². The second kappa shape index (κ2) is 4.32. The molecule has 1 N–H and O–H groups in total. The second-order valence-electron chi connectivity index (χ2n) is 4.17. The molecule has 0 bridgehead atoms. The topological polar surface area (TPSA) is 20.2 Å². The quantitative estimate of drug-likeness (QED) is 0.763.